The van der Waals surface area contributed by atoms with Crippen LogP contribution in [0.5, 0.6) is 0 Å². The Bertz CT molecular complexity index is 2100. The number of carbonyl (C=O) groups excluding carboxylic acids is 6. The van der Waals surface area contributed by atoms with Gasteiger partial charge in [0.25, 0.3) is 0 Å². The second-order valence-electron chi connectivity index (χ2n) is 31.2. The number of rotatable bonds is 87. The molecular formula is C86H170N4Na2O17P2. The second kappa shape index (κ2) is 85.6. The third-order valence-corrected chi connectivity index (χ3v) is 22.4. The molecule has 0 fully saturated rings. The van der Waals surface area contributed by atoms with E-state index in [0.717, 1.165) is 135 Å². The number of amides is 4. The van der Waals surface area contributed by atoms with E-state index in [0.29, 0.717) is 57.3 Å². The number of phosphoric ester groups is 2. The molecule has 6 atom stereocenters. The van der Waals surface area contributed by atoms with E-state index >= 15 is 0 Å². The van der Waals surface area contributed by atoms with Crippen LogP contribution >= 0.6 is 15.6 Å². The van der Waals surface area contributed by atoms with E-state index in [4.69, 9.17) is 32.3 Å². The van der Waals surface area contributed by atoms with Gasteiger partial charge in [-0.3, -0.25) is 46.9 Å². The van der Waals surface area contributed by atoms with E-state index in [9.17, 15) is 47.7 Å². The average Bonchev–Trinajstić information content (AvgIpc) is 0.810. The smallest absolute Gasteiger partial charge is 1.00 e. The predicted octanol–water partition coefficient (Wildman–Crippen LogP) is 16.3. The molecule has 25 heteroatoms. The van der Waals surface area contributed by atoms with Crippen LogP contribution in [0.4, 0.5) is 0 Å². The Kier molecular flexibility index (Phi) is 88.1. The molecule has 111 heavy (non-hydrogen) atoms. The van der Waals surface area contributed by atoms with Crippen molar-refractivity contribution in [3.8, 4) is 0 Å². The predicted molar refractivity (Wildman–Crippen MR) is 447 cm³/mol. The molecule has 0 aliphatic carbocycles. The van der Waals surface area contributed by atoms with Crippen molar-refractivity contribution in [2.75, 3.05) is 65.9 Å². The monoisotopic (exact) mass is 1640 g/mol. The van der Waals surface area contributed by atoms with Crippen molar-refractivity contribution in [3.63, 3.8) is 0 Å². The maximum absolute atomic E-state index is 13.3. The summed E-state index contributed by atoms with van der Waals surface area (Å²) in [6.07, 6.45) is 61.3. The fraction of sp³-hybridized carbons (Fsp3) is 0.930. The Labute approximate surface area is 725 Å². The van der Waals surface area contributed by atoms with Gasteiger partial charge in [-0.1, -0.05) is 330 Å². The molecule has 0 spiro atoms. The molecule has 6 N–H and O–H groups in total. The van der Waals surface area contributed by atoms with Gasteiger partial charge in [0.15, 0.2) is 0 Å². The molecular weight excluding hydrogens is 1470 g/mol. The number of Topliss-reactive ketones (excluding diaryl/α,β-unsaturated/α-hetero) is 1. The minimum absolute atomic E-state index is 0. The molecule has 21 nitrogen and oxygen atoms in total. The summed E-state index contributed by atoms with van der Waals surface area (Å²) in [5, 5.41) is 10.8. The fourth-order valence-electron chi connectivity index (χ4n) is 13.6. The zero-order valence-corrected chi connectivity index (χ0v) is 78.5. The van der Waals surface area contributed by atoms with E-state index in [2.05, 4.69) is 62.8 Å². The van der Waals surface area contributed by atoms with Gasteiger partial charge < -0.3 is 48.1 Å². The van der Waals surface area contributed by atoms with Crippen LogP contribution in [0.15, 0.2) is 0 Å². The molecule has 0 bridgehead atoms. The molecule has 0 saturated heterocycles. The van der Waals surface area contributed by atoms with Gasteiger partial charge in [-0.25, -0.2) is 9.13 Å². The Morgan fingerprint density at radius 3 is 0.973 bits per heavy atom. The minimum Gasteiger partial charge on any atom is -1.00 e. The molecule has 648 valence electrons. The van der Waals surface area contributed by atoms with Crippen LogP contribution in [0.2, 0.25) is 0 Å². The summed E-state index contributed by atoms with van der Waals surface area (Å²) in [5.41, 5.74) is 0. The molecule has 4 amide bonds. The van der Waals surface area contributed by atoms with Crippen molar-refractivity contribution in [1.29, 1.82) is 0 Å². The molecule has 0 radical (unpaired) electrons. The number of phosphoric acid groups is 2. The van der Waals surface area contributed by atoms with Crippen molar-refractivity contribution >= 4 is 51.0 Å². The first-order chi connectivity index (χ1) is 52.9. The third kappa shape index (κ3) is 82.6. The van der Waals surface area contributed by atoms with E-state index in [1.807, 2.05) is 0 Å². The van der Waals surface area contributed by atoms with Crippen molar-refractivity contribution in [1.82, 2.24) is 21.3 Å². The number of unbranched alkanes of at least 4 members (excludes halogenated alkanes) is 44. The molecule has 0 heterocycles. The maximum Gasteiger partial charge on any atom is 1.00 e. The zero-order valence-electron chi connectivity index (χ0n) is 74.7. The number of carbonyl (C=O) groups is 6. The summed E-state index contributed by atoms with van der Waals surface area (Å²) in [6, 6.07) is -1.59. The molecule has 2 unspecified atom stereocenters. The van der Waals surface area contributed by atoms with Gasteiger partial charge in [0.1, 0.15) is 18.3 Å². The Balaban J connectivity index is -0.00000972. The molecule has 0 aromatic rings. The van der Waals surface area contributed by atoms with E-state index < -0.39 is 72.4 Å². The Morgan fingerprint density at radius 2 is 0.622 bits per heavy atom. The summed E-state index contributed by atoms with van der Waals surface area (Å²) in [7, 11) is -9.44. The topological polar surface area (TPSA) is 290 Å². The van der Waals surface area contributed by atoms with E-state index in [1.165, 1.54) is 186 Å². The number of hydrogen-bond donors (Lipinski definition) is 6. The number of ether oxygens (including phenoxy) is 3. The fourth-order valence-corrected chi connectivity index (χ4v) is 15.1. The number of esters is 1. The summed E-state index contributed by atoms with van der Waals surface area (Å²) in [5.74, 6) is -1.64. The average molecular weight is 1640 g/mol. The van der Waals surface area contributed by atoms with Crippen molar-refractivity contribution in [2.24, 2.45) is 5.92 Å². The third-order valence-electron chi connectivity index (χ3n) is 20.4. The Morgan fingerprint density at radius 1 is 0.324 bits per heavy atom. The SMILES string of the molecule is CCCCCCCCCCCCCC(=O)N[C@H](COCC[C@@H](CCCCCCC)CC(=O)CCCCCCCCCCC)COP(=O)(O)OCCNC(=O)CC(=O)NCCOP(=O)(O)OC[C@@H](COCC[C@@H](CCCCCCC)OC(=O)CCCCCCCCCCC)NC(=O)CCCCCCCCCCCCC.[H-].[H-].[Na+].[Na+]. The number of nitrogens with one attached hydrogen (secondary N) is 4. The van der Waals surface area contributed by atoms with Crippen LogP contribution < -0.4 is 80.4 Å². The first-order valence-corrected chi connectivity index (χ1v) is 48.1. The van der Waals surface area contributed by atoms with Gasteiger partial charge in [-0.2, -0.15) is 0 Å². The molecule has 0 aromatic heterocycles. The second-order valence-corrected chi connectivity index (χ2v) is 34.1. The summed E-state index contributed by atoms with van der Waals surface area (Å²) in [4.78, 5) is 99.8. The van der Waals surface area contributed by atoms with Gasteiger partial charge in [0.05, 0.1) is 58.3 Å². The molecule has 0 aromatic carbocycles. The van der Waals surface area contributed by atoms with Crippen molar-refractivity contribution < 1.29 is 142 Å². The number of ketones is 1. The van der Waals surface area contributed by atoms with Gasteiger partial charge in [-0.15, -0.1) is 0 Å². The first kappa shape index (κ1) is 114. The minimum atomic E-state index is -4.73. The quantitative estimate of drug-likeness (QED) is 0.0108. The maximum atomic E-state index is 13.3. The summed E-state index contributed by atoms with van der Waals surface area (Å²) in [6.45, 7) is 11.6. The van der Waals surface area contributed by atoms with Crippen LogP contribution in [-0.4, -0.2) is 129 Å². The first-order valence-electron chi connectivity index (χ1n) is 45.1. The van der Waals surface area contributed by atoms with Crippen molar-refractivity contribution in [3.05, 3.63) is 0 Å². The molecule has 0 saturated carbocycles. The zero-order chi connectivity index (χ0) is 80.0. The molecule has 0 aliphatic heterocycles. The standard InChI is InChI=1S/C86H168N4O17P2.2Na.2H/c1-7-13-19-25-29-33-35-39-42-48-54-60-82(92)89-78(73-101-67-63-77(57-51-45-23-17-11-5)71-80(91)58-52-47-41-37-31-27-21-15-9-3)75-105-108(97,98)103-69-65-87-84(94)72-85(95)88-66-70-104-109(99,100)106-76-79(90-83(93)61-55-49-43-40-36-34-30-26-20-14-8-2)74-102-68-64-81(59-53-46-24-18-12-6)107-86(96)62-56-50-44-38-32-28-22-16-10-4;;;;/h77-79,81H,7-76H2,1-6H3,(H,87,94)(H,88,95)(H,89,92)(H,90,93)(H,97,98)(H,99,100);;;;/q;2*+1;2*-1/t77-,78-,79-,81-;;;;/m1..../s1. The normalized spacial score (nSPS) is 13.6. The van der Waals surface area contributed by atoms with Gasteiger partial charge in [0, 0.05) is 58.2 Å². The number of hydrogen-bond acceptors (Lipinski definition) is 15. The van der Waals surface area contributed by atoms with Crippen LogP contribution in [0.3, 0.4) is 0 Å². The summed E-state index contributed by atoms with van der Waals surface area (Å²) >= 11 is 0. The molecule has 0 rings (SSSR count). The molecule has 0 aliphatic rings. The van der Waals surface area contributed by atoms with E-state index in [-0.39, 0.29) is 138 Å². The van der Waals surface area contributed by atoms with E-state index in [1.54, 1.807) is 0 Å². The van der Waals surface area contributed by atoms with Crippen LogP contribution in [0.1, 0.15) is 430 Å². The van der Waals surface area contributed by atoms with Crippen LogP contribution in [-0.2, 0) is 70.2 Å². The van der Waals surface area contributed by atoms with Crippen LogP contribution in [0, 0.1) is 5.92 Å². The Hall–Kier alpha value is -0.840. The van der Waals surface area contributed by atoms with Gasteiger partial charge >= 0.3 is 80.7 Å². The van der Waals surface area contributed by atoms with Crippen molar-refractivity contribution in [2.45, 2.75) is 445 Å². The van der Waals surface area contributed by atoms with Crippen LogP contribution in [0.25, 0.3) is 0 Å². The summed E-state index contributed by atoms with van der Waals surface area (Å²) < 4.78 is 65.6. The largest absolute Gasteiger partial charge is 1.00 e. The van der Waals surface area contributed by atoms with Gasteiger partial charge in [0.2, 0.25) is 23.6 Å². The van der Waals surface area contributed by atoms with Gasteiger partial charge in [-0.05, 0) is 57.3 Å².